The van der Waals surface area contributed by atoms with Crippen molar-refractivity contribution in [3.63, 3.8) is 0 Å². The second kappa shape index (κ2) is 4.06. The van der Waals surface area contributed by atoms with E-state index in [4.69, 9.17) is 0 Å². The quantitative estimate of drug-likeness (QED) is 0.682. The van der Waals surface area contributed by atoms with Gasteiger partial charge in [-0.1, -0.05) is 25.3 Å². The maximum Gasteiger partial charge on any atom is 0.0831 e. The third kappa shape index (κ3) is 2.60. The summed E-state index contributed by atoms with van der Waals surface area (Å²) in [6.07, 6.45) is 12.2. The Bertz CT molecular complexity index is 223. The van der Waals surface area contributed by atoms with Gasteiger partial charge in [0.15, 0.2) is 0 Å². The number of aliphatic hydroxyl groups is 1. The lowest BCUT2D eigenvalue weighted by Crippen LogP contribution is -2.27. The Morgan fingerprint density at radius 2 is 2.14 bits per heavy atom. The first-order valence-corrected chi connectivity index (χ1v) is 6.10. The smallest absolute Gasteiger partial charge is 0.0831 e. The molecule has 1 nitrogen and oxygen atoms in total. The van der Waals surface area contributed by atoms with Gasteiger partial charge in [-0.3, -0.25) is 0 Å². The van der Waals surface area contributed by atoms with E-state index < -0.39 is 5.60 Å². The van der Waals surface area contributed by atoms with Crippen molar-refractivity contribution >= 4 is 0 Å². The van der Waals surface area contributed by atoms with Gasteiger partial charge in [-0.15, -0.1) is 0 Å². The first-order valence-electron chi connectivity index (χ1n) is 6.10. The molecule has 1 heteroatoms. The number of allylic oxidation sites excluding steroid dienone is 1. The summed E-state index contributed by atoms with van der Waals surface area (Å²) in [4.78, 5) is 0. The Kier molecular flexibility index (Phi) is 2.96. The van der Waals surface area contributed by atoms with Gasteiger partial charge in [0, 0.05) is 0 Å². The third-order valence-corrected chi connectivity index (χ3v) is 3.62. The minimum Gasteiger partial charge on any atom is -0.386 e. The molecule has 2 rings (SSSR count). The van der Waals surface area contributed by atoms with Crippen LogP contribution < -0.4 is 0 Å². The molecular weight excluding hydrogens is 172 g/mol. The average molecular weight is 194 g/mol. The predicted molar refractivity (Wildman–Crippen MR) is 59.1 cm³/mol. The summed E-state index contributed by atoms with van der Waals surface area (Å²) >= 11 is 0. The minimum atomic E-state index is -0.495. The summed E-state index contributed by atoms with van der Waals surface area (Å²) in [5.74, 6) is 0.814. The Hall–Kier alpha value is -0.300. The van der Waals surface area contributed by atoms with Crippen LogP contribution in [0, 0.1) is 5.92 Å². The molecular formula is C13H22O. The molecule has 0 aliphatic heterocycles. The van der Waals surface area contributed by atoms with Crippen LogP contribution in [0.4, 0.5) is 0 Å². The summed E-state index contributed by atoms with van der Waals surface area (Å²) < 4.78 is 0. The summed E-state index contributed by atoms with van der Waals surface area (Å²) in [5.41, 5.74) is 0.827. The van der Waals surface area contributed by atoms with E-state index in [1.807, 2.05) is 6.92 Å². The molecule has 0 aromatic rings. The van der Waals surface area contributed by atoms with E-state index in [0.29, 0.717) is 0 Å². The third-order valence-electron chi connectivity index (χ3n) is 3.62. The van der Waals surface area contributed by atoms with Crippen LogP contribution in [0.25, 0.3) is 0 Å². The highest BCUT2D eigenvalue weighted by Crippen LogP contribution is 2.40. The van der Waals surface area contributed by atoms with Gasteiger partial charge < -0.3 is 5.11 Å². The van der Waals surface area contributed by atoms with Crippen LogP contribution >= 0.6 is 0 Å². The molecule has 0 heterocycles. The molecule has 0 bridgehead atoms. The molecule has 2 aliphatic rings. The molecule has 0 amide bonds. The number of hydrogen-bond acceptors (Lipinski definition) is 1. The van der Waals surface area contributed by atoms with Crippen molar-refractivity contribution in [1.82, 2.24) is 0 Å². The molecule has 1 N–H and O–H groups in total. The molecule has 0 aromatic heterocycles. The minimum absolute atomic E-state index is 0.495. The molecule has 1 unspecified atom stereocenters. The molecule has 1 saturated carbocycles. The van der Waals surface area contributed by atoms with Gasteiger partial charge in [0.2, 0.25) is 0 Å². The summed E-state index contributed by atoms with van der Waals surface area (Å²) in [5, 5.41) is 10.4. The standard InChI is InChI=1S/C13H22O/c1-13(14,10-11-8-9-11)12-6-4-2-3-5-7-12/h6,11,14H,2-5,7-10H2,1H3. The van der Waals surface area contributed by atoms with E-state index in [2.05, 4.69) is 6.08 Å². The molecule has 14 heavy (non-hydrogen) atoms. The molecule has 2 aliphatic carbocycles. The van der Waals surface area contributed by atoms with E-state index in [-0.39, 0.29) is 0 Å². The fourth-order valence-electron chi connectivity index (χ4n) is 2.52. The van der Waals surface area contributed by atoms with Crippen molar-refractivity contribution < 1.29 is 5.11 Å². The van der Waals surface area contributed by atoms with Crippen molar-refractivity contribution in [2.24, 2.45) is 5.92 Å². The van der Waals surface area contributed by atoms with Crippen LogP contribution in [0.2, 0.25) is 0 Å². The SMILES string of the molecule is CC(O)(CC1CC1)C1=CCCCCC1. The summed E-state index contributed by atoms with van der Waals surface area (Å²) in [7, 11) is 0. The van der Waals surface area contributed by atoms with Crippen molar-refractivity contribution in [3.8, 4) is 0 Å². The highest BCUT2D eigenvalue weighted by Gasteiger charge is 2.34. The van der Waals surface area contributed by atoms with Gasteiger partial charge in [-0.25, -0.2) is 0 Å². The highest BCUT2D eigenvalue weighted by molar-refractivity contribution is 5.17. The van der Waals surface area contributed by atoms with Gasteiger partial charge >= 0.3 is 0 Å². The molecule has 0 aromatic carbocycles. The molecule has 1 atom stereocenters. The first-order chi connectivity index (χ1) is 6.68. The van der Waals surface area contributed by atoms with Gasteiger partial charge in [0.1, 0.15) is 0 Å². The Morgan fingerprint density at radius 3 is 2.86 bits per heavy atom. The van der Waals surface area contributed by atoms with E-state index in [0.717, 1.165) is 18.8 Å². The molecule has 1 fully saturated rings. The summed E-state index contributed by atoms with van der Waals surface area (Å²) in [6, 6.07) is 0. The van der Waals surface area contributed by atoms with E-state index in [9.17, 15) is 5.11 Å². The summed E-state index contributed by atoms with van der Waals surface area (Å²) in [6.45, 7) is 2.02. The zero-order valence-electron chi connectivity index (χ0n) is 9.26. The van der Waals surface area contributed by atoms with Crippen LogP contribution in [0.5, 0.6) is 0 Å². The van der Waals surface area contributed by atoms with Gasteiger partial charge in [-0.2, -0.15) is 0 Å². The molecule has 0 spiro atoms. The number of hydrogen-bond donors (Lipinski definition) is 1. The maximum absolute atomic E-state index is 10.4. The zero-order valence-corrected chi connectivity index (χ0v) is 9.26. The molecule has 0 saturated heterocycles. The van der Waals surface area contributed by atoms with Crippen LogP contribution in [-0.4, -0.2) is 10.7 Å². The lowest BCUT2D eigenvalue weighted by molar-refractivity contribution is 0.0788. The zero-order chi connectivity index (χ0) is 10.0. The van der Waals surface area contributed by atoms with Crippen LogP contribution in [0.3, 0.4) is 0 Å². The van der Waals surface area contributed by atoms with Crippen molar-refractivity contribution in [2.75, 3.05) is 0 Å². The fourth-order valence-corrected chi connectivity index (χ4v) is 2.52. The highest BCUT2D eigenvalue weighted by atomic mass is 16.3. The average Bonchev–Trinajstić information content (AvgIpc) is 2.88. The Morgan fingerprint density at radius 1 is 1.36 bits per heavy atom. The van der Waals surface area contributed by atoms with Crippen molar-refractivity contribution in [1.29, 1.82) is 0 Å². The first kappa shape index (κ1) is 10.2. The largest absolute Gasteiger partial charge is 0.386 e. The Balaban J connectivity index is 1.98. The van der Waals surface area contributed by atoms with E-state index >= 15 is 0 Å². The Labute approximate surface area is 87.2 Å². The van der Waals surface area contributed by atoms with Gasteiger partial charge in [-0.05, 0) is 50.5 Å². The second-order valence-electron chi connectivity index (χ2n) is 5.25. The topological polar surface area (TPSA) is 20.2 Å². The number of rotatable bonds is 3. The molecule has 80 valence electrons. The van der Waals surface area contributed by atoms with Crippen LogP contribution in [0.1, 0.15) is 58.3 Å². The van der Waals surface area contributed by atoms with Crippen LogP contribution in [-0.2, 0) is 0 Å². The molecule has 0 radical (unpaired) electrons. The monoisotopic (exact) mass is 194 g/mol. The van der Waals surface area contributed by atoms with Crippen molar-refractivity contribution in [2.45, 2.75) is 63.9 Å². The van der Waals surface area contributed by atoms with Gasteiger partial charge in [0.05, 0.1) is 5.60 Å². The van der Waals surface area contributed by atoms with Crippen molar-refractivity contribution in [3.05, 3.63) is 11.6 Å². The van der Waals surface area contributed by atoms with E-state index in [1.165, 1.54) is 44.1 Å². The van der Waals surface area contributed by atoms with Gasteiger partial charge in [0.25, 0.3) is 0 Å². The van der Waals surface area contributed by atoms with E-state index in [1.54, 1.807) is 0 Å². The predicted octanol–water partition coefficient (Wildman–Crippen LogP) is 3.43. The maximum atomic E-state index is 10.4. The second-order valence-corrected chi connectivity index (χ2v) is 5.25. The lowest BCUT2D eigenvalue weighted by atomic mass is 9.87. The lowest BCUT2D eigenvalue weighted by Gasteiger charge is -2.26. The fraction of sp³-hybridized carbons (Fsp3) is 0.846. The van der Waals surface area contributed by atoms with Crippen LogP contribution in [0.15, 0.2) is 11.6 Å². The normalized spacial score (nSPS) is 27.7.